The number of benzene rings is 9. The number of furan rings is 1. The van der Waals surface area contributed by atoms with Gasteiger partial charge in [0.25, 0.3) is 0 Å². The molecule has 0 radical (unpaired) electrons. The summed E-state index contributed by atoms with van der Waals surface area (Å²) in [5, 5.41) is 10.2. The van der Waals surface area contributed by atoms with Gasteiger partial charge in [0.2, 0.25) is 6.71 Å². The van der Waals surface area contributed by atoms with Gasteiger partial charge in [-0.1, -0.05) is 90.4 Å². The third-order valence-corrected chi connectivity index (χ3v) is 16.7. The molecule has 0 atom stereocenters. The van der Waals surface area contributed by atoms with Crippen LogP contribution in [0.3, 0.4) is 0 Å². The Labute approximate surface area is 355 Å². The molecule has 60 heavy (non-hydrogen) atoms. The van der Waals surface area contributed by atoms with Crippen molar-refractivity contribution < 1.29 is 4.42 Å². The standard InChI is InChI=1S/C54H28BNOS3/c1-5-15-45-35(13-1)53-31(14-9-16-46(53)57-45)29-22-40-36-25-38-33-11-3-7-18-48(33)59-51(38)27-41(36)55-42-28-52-39(34-12-4-8-19-49(34)60-52)26-43(42)56(44(23-29)54(40)55)30-20-21-50-37(24-30)32-10-2-6-17-47(32)58-50/h1-28H. The molecule has 0 saturated carbocycles. The number of thiophene rings is 3. The van der Waals surface area contributed by atoms with Crippen molar-refractivity contribution in [2.24, 2.45) is 0 Å². The fourth-order valence-electron chi connectivity index (χ4n) is 10.7. The summed E-state index contributed by atoms with van der Waals surface area (Å²) in [5.41, 5.74) is 14.7. The topological polar surface area (TPSA) is 16.4 Å². The Morgan fingerprint density at radius 3 is 1.73 bits per heavy atom. The molecule has 0 spiro atoms. The quantitative estimate of drug-likeness (QED) is 0.162. The molecular formula is C54H28BNOS3. The monoisotopic (exact) mass is 813 g/mol. The van der Waals surface area contributed by atoms with Gasteiger partial charge in [0.1, 0.15) is 11.2 Å². The molecular weight excluding hydrogens is 786 g/mol. The van der Waals surface area contributed by atoms with Crippen LogP contribution in [0.15, 0.2) is 174 Å². The van der Waals surface area contributed by atoms with Crippen LogP contribution in [0.1, 0.15) is 0 Å². The number of hydrogen-bond acceptors (Lipinski definition) is 5. The second-order valence-electron chi connectivity index (χ2n) is 16.3. The minimum Gasteiger partial charge on any atom is -0.456 e. The molecule has 276 valence electrons. The SMILES string of the molecule is c1ccc2c(c1)oc1cccc(-c3cc4c5c(c3)N(c3ccc6sc7ccccc7c6c3)c3cc6c(cc3B5c3cc5sc7ccccc7c5cc3-4)sc3ccccc36)c12. The van der Waals surface area contributed by atoms with E-state index >= 15 is 0 Å². The van der Waals surface area contributed by atoms with Gasteiger partial charge in [0, 0.05) is 88.4 Å². The fourth-order valence-corrected chi connectivity index (χ4v) is 14.1. The molecule has 2 aliphatic heterocycles. The van der Waals surface area contributed by atoms with E-state index in [0.29, 0.717) is 0 Å². The summed E-state index contributed by atoms with van der Waals surface area (Å²) in [6, 6.07) is 63.9. The van der Waals surface area contributed by atoms with E-state index < -0.39 is 0 Å². The molecule has 2 aliphatic rings. The first-order valence-corrected chi connectivity index (χ1v) is 22.9. The zero-order valence-corrected chi connectivity index (χ0v) is 34.3. The first kappa shape index (κ1) is 32.2. The van der Waals surface area contributed by atoms with E-state index in [1.54, 1.807) is 0 Å². The summed E-state index contributed by atoms with van der Waals surface area (Å²) < 4.78 is 14.5. The Morgan fingerprint density at radius 1 is 0.383 bits per heavy atom. The normalized spacial score (nSPS) is 13.3. The maximum absolute atomic E-state index is 6.49. The van der Waals surface area contributed by atoms with E-state index in [9.17, 15) is 0 Å². The number of hydrogen-bond donors (Lipinski definition) is 0. The lowest BCUT2D eigenvalue weighted by molar-refractivity contribution is 0.669. The van der Waals surface area contributed by atoms with Crippen LogP contribution < -0.4 is 21.3 Å². The Kier molecular flexibility index (Phi) is 6.18. The summed E-state index contributed by atoms with van der Waals surface area (Å²) >= 11 is 5.70. The third kappa shape index (κ3) is 4.18. The van der Waals surface area contributed by atoms with Gasteiger partial charge in [-0.25, -0.2) is 0 Å². The Hall–Kier alpha value is -6.70. The minimum atomic E-state index is 0.0887. The van der Waals surface area contributed by atoms with Gasteiger partial charge in [-0.05, 0) is 118 Å². The summed E-state index contributed by atoms with van der Waals surface area (Å²) in [7, 11) is 0. The van der Waals surface area contributed by atoms with Crippen molar-refractivity contribution in [2.45, 2.75) is 0 Å². The largest absolute Gasteiger partial charge is 0.456 e. The van der Waals surface area contributed by atoms with Crippen molar-refractivity contribution in [3.8, 4) is 22.3 Å². The summed E-state index contributed by atoms with van der Waals surface area (Å²) in [4.78, 5) is 2.60. The molecule has 13 aromatic rings. The number of fused-ring (bicyclic) bond motifs is 17. The van der Waals surface area contributed by atoms with Crippen LogP contribution in [0.2, 0.25) is 0 Å². The average Bonchev–Trinajstić information content (AvgIpc) is 4.10. The molecule has 2 nitrogen and oxygen atoms in total. The van der Waals surface area contributed by atoms with E-state index in [0.717, 1.165) is 21.9 Å². The van der Waals surface area contributed by atoms with Crippen molar-refractivity contribution in [3.63, 3.8) is 0 Å². The Bertz CT molecular complexity index is 4050. The Balaban J connectivity index is 1.10. The maximum Gasteiger partial charge on any atom is 0.248 e. The van der Waals surface area contributed by atoms with Crippen LogP contribution in [0, 0.1) is 0 Å². The molecule has 6 heteroatoms. The number of anilines is 3. The number of rotatable bonds is 2. The third-order valence-electron chi connectivity index (χ3n) is 13.2. The second-order valence-corrected chi connectivity index (χ2v) is 19.6. The molecule has 0 N–H and O–H groups in total. The molecule has 0 amide bonds. The van der Waals surface area contributed by atoms with Gasteiger partial charge in [0.15, 0.2) is 0 Å². The lowest BCUT2D eigenvalue weighted by Crippen LogP contribution is -2.54. The van der Waals surface area contributed by atoms with Gasteiger partial charge in [0.05, 0.1) is 0 Å². The Morgan fingerprint density at radius 2 is 0.983 bits per heavy atom. The van der Waals surface area contributed by atoms with E-state index in [1.165, 1.54) is 116 Å². The van der Waals surface area contributed by atoms with Gasteiger partial charge in [-0.3, -0.25) is 0 Å². The van der Waals surface area contributed by atoms with Gasteiger partial charge < -0.3 is 9.32 Å². The molecule has 4 aromatic heterocycles. The van der Waals surface area contributed by atoms with Crippen LogP contribution in [0.4, 0.5) is 17.1 Å². The predicted octanol–water partition coefficient (Wildman–Crippen LogP) is 14.6. The maximum atomic E-state index is 6.49. The first-order valence-electron chi connectivity index (χ1n) is 20.4. The summed E-state index contributed by atoms with van der Waals surface area (Å²) in [6.45, 7) is 0.0887. The van der Waals surface area contributed by atoms with Crippen LogP contribution in [-0.4, -0.2) is 6.71 Å². The van der Waals surface area contributed by atoms with Gasteiger partial charge in [-0.2, -0.15) is 0 Å². The van der Waals surface area contributed by atoms with E-state index in [1.807, 2.05) is 34.0 Å². The molecule has 9 aromatic carbocycles. The van der Waals surface area contributed by atoms with E-state index in [-0.39, 0.29) is 6.71 Å². The van der Waals surface area contributed by atoms with Crippen LogP contribution in [0.5, 0.6) is 0 Å². The number of para-hydroxylation sites is 1. The highest BCUT2D eigenvalue weighted by Gasteiger charge is 2.44. The molecule has 0 bridgehead atoms. The highest BCUT2D eigenvalue weighted by atomic mass is 32.1. The molecule has 0 saturated heterocycles. The number of nitrogens with zero attached hydrogens (tertiary/aromatic N) is 1. The van der Waals surface area contributed by atoms with Crippen molar-refractivity contribution >= 4 is 157 Å². The molecule has 0 unspecified atom stereocenters. The smallest absolute Gasteiger partial charge is 0.248 e. The van der Waals surface area contributed by atoms with Crippen molar-refractivity contribution in [1.82, 2.24) is 0 Å². The lowest BCUT2D eigenvalue weighted by Gasteiger charge is -2.36. The first-order chi connectivity index (χ1) is 29.7. The van der Waals surface area contributed by atoms with E-state index in [4.69, 9.17) is 4.42 Å². The van der Waals surface area contributed by atoms with Crippen molar-refractivity contribution in [3.05, 3.63) is 170 Å². The average molecular weight is 814 g/mol. The van der Waals surface area contributed by atoms with Gasteiger partial charge in [-0.15, -0.1) is 34.0 Å². The van der Waals surface area contributed by atoms with Gasteiger partial charge >= 0.3 is 0 Å². The van der Waals surface area contributed by atoms with Crippen molar-refractivity contribution in [2.75, 3.05) is 4.90 Å². The zero-order valence-electron chi connectivity index (χ0n) is 31.8. The molecule has 15 rings (SSSR count). The fraction of sp³-hybridized carbons (Fsp3) is 0. The minimum absolute atomic E-state index is 0.0887. The summed E-state index contributed by atoms with van der Waals surface area (Å²) in [5.74, 6) is 0. The molecule has 6 heterocycles. The highest BCUT2D eigenvalue weighted by molar-refractivity contribution is 7.27. The predicted molar refractivity (Wildman–Crippen MR) is 263 cm³/mol. The van der Waals surface area contributed by atoms with Crippen LogP contribution in [0.25, 0.3) is 105 Å². The van der Waals surface area contributed by atoms with Crippen molar-refractivity contribution in [1.29, 1.82) is 0 Å². The summed E-state index contributed by atoms with van der Waals surface area (Å²) in [6.07, 6.45) is 0. The highest BCUT2D eigenvalue weighted by Crippen LogP contribution is 2.49. The molecule has 0 fully saturated rings. The molecule has 0 aliphatic carbocycles. The van der Waals surface area contributed by atoms with E-state index in [2.05, 4.69) is 175 Å². The van der Waals surface area contributed by atoms with Crippen LogP contribution >= 0.6 is 34.0 Å². The van der Waals surface area contributed by atoms with Crippen LogP contribution in [-0.2, 0) is 0 Å². The second kappa shape index (κ2) is 11.5. The lowest BCUT2D eigenvalue weighted by atomic mass is 9.37. The zero-order chi connectivity index (χ0) is 38.8.